The third kappa shape index (κ3) is 3.30. The molecule has 0 aliphatic carbocycles. The Morgan fingerprint density at radius 3 is 2.46 bits per heavy atom. The average molecular weight is 188 g/mol. The highest BCUT2D eigenvalue weighted by atomic mass is 16.3. The molecule has 1 amide bonds. The third-order valence-corrected chi connectivity index (χ3v) is 2.14. The van der Waals surface area contributed by atoms with Crippen molar-refractivity contribution >= 4 is 5.91 Å². The quantitative estimate of drug-likeness (QED) is 0.486. The minimum atomic E-state index is -0.641. The van der Waals surface area contributed by atoms with Crippen molar-refractivity contribution in [2.45, 2.75) is 19.1 Å². The van der Waals surface area contributed by atoms with Crippen molar-refractivity contribution < 1.29 is 15.0 Å². The van der Waals surface area contributed by atoms with Crippen LogP contribution in [0.1, 0.15) is 6.92 Å². The molecule has 0 radical (unpaired) electrons. The number of aliphatic hydroxyl groups excluding tert-OH is 2. The van der Waals surface area contributed by atoms with Gasteiger partial charge in [-0.25, -0.2) is 0 Å². The molecule has 1 aliphatic heterocycles. The summed E-state index contributed by atoms with van der Waals surface area (Å²) in [5, 5.41) is 21.1. The fourth-order valence-electron chi connectivity index (χ4n) is 1.42. The first-order valence-electron chi connectivity index (χ1n) is 4.42. The summed E-state index contributed by atoms with van der Waals surface area (Å²) in [5.74, 6) is -0.0553. The number of aliphatic hydroxyl groups is 2. The van der Waals surface area contributed by atoms with E-state index in [0.717, 1.165) is 0 Å². The highest BCUT2D eigenvalue weighted by Crippen LogP contribution is 2.08. The lowest BCUT2D eigenvalue weighted by Crippen LogP contribution is -2.33. The maximum atomic E-state index is 10.5. The van der Waals surface area contributed by atoms with Gasteiger partial charge in [-0.2, -0.15) is 0 Å². The Morgan fingerprint density at radius 2 is 2.00 bits per heavy atom. The van der Waals surface area contributed by atoms with E-state index in [2.05, 4.69) is 5.32 Å². The second kappa shape index (κ2) is 4.55. The summed E-state index contributed by atoms with van der Waals surface area (Å²) >= 11 is 0. The van der Waals surface area contributed by atoms with E-state index in [1.807, 2.05) is 4.90 Å². The van der Waals surface area contributed by atoms with Gasteiger partial charge in [-0.05, 0) is 0 Å². The summed E-state index contributed by atoms with van der Waals surface area (Å²) in [6.07, 6.45) is -1.28. The number of rotatable bonds is 3. The SMILES string of the molecule is CC(=O)NCCN1C[C@@H](O)[C@@H](O)C1. The molecule has 0 unspecified atom stereocenters. The number of hydrogen-bond donors (Lipinski definition) is 3. The first-order chi connectivity index (χ1) is 6.09. The van der Waals surface area contributed by atoms with Crippen LogP contribution in [0.2, 0.25) is 0 Å². The molecule has 0 aromatic rings. The molecule has 3 N–H and O–H groups in total. The van der Waals surface area contributed by atoms with Crippen LogP contribution in [0, 0.1) is 0 Å². The van der Waals surface area contributed by atoms with Crippen LogP contribution in [-0.2, 0) is 4.79 Å². The Hall–Kier alpha value is -0.650. The number of carbonyl (C=O) groups excluding carboxylic acids is 1. The smallest absolute Gasteiger partial charge is 0.216 e. The Balaban J connectivity index is 2.13. The van der Waals surface area contributed by atoms with Crippen molar-refractivity contribution in [2.75, 3.05) is 26.2 Å². The van der Waals surface area contributed by atoms with Crippen LogP contribution in [0.5, 0.6) is 0 Å². The molecular formula is C8H16N2O3. The minimum Gasteiger partial charge on any atom is -0.389 e. The van der Waals surface area contributed by atoms with Gasteiger partial charge in [-0.15, -0.1) is 0 Å². The number of β-amino-alcohol motifs (C(OH)–C–C–N with tert-alkyl or cyclic N) is 2. The van der Waals surface area contributed by atoms with Crippen LogP contribution in [0.25, 0.3) is 0 Å². The zero-order chi connectivity index (χ0) is 9.84. The Bertz CT molecular complexity index is 176. The first kappa shape index (κ1) is 10.4. The maximum Gasteiger partial charge on any atom is 0.216 e. The van der Waals surface area contributed by atoms with E-state index < -0.39 is 12.2 Å². The molecule has 1 saturated heterocycles. The van der Waals surface area contributed by atoms with Gasteiger partial charge in [0.15, 0.2) is 0 Å². The molecular weight excluding hydrogens is 172 g/mol. The van der Waals surface area contributed by atoms with Crippen LogP contribution >= 0.6 is 0 Å². The number of hydrogen-bond acceptors (Lipinski definition) is 4. The van der Waals surface area contributed by atoms with Gasteiger partial charge in [0.2, 0.25) is 5.91 Å². The normalized spacial score (nSPS) is 29.2. The van der Waals surface area contributed by atoms with Crippen molar-refractivity contribution in [1.29, 1.82) is 0 Å². The lowest BCUT2D eigenvalue weighted by Gasteiger charge is -2.14. The van der Waals surface area contributed by atoms with Crippen LogP contribution in [0.3, 0.4) is 0 Å². The summed E-state index contributed by atoms with van der Waals surface area (Å²) < 4.78 is 0. The monoisotopic (exact) mass is 188 g/mol. The van der Waals surface area contributed by atoms with E-state index in [0.29, 0.717) is 26.2 Å². The molecule has 1 fully saturated rings. The van der Waals surface area contributed by atoms with Crippen molar-refractivity contribution in [1.82, 2.24) is 10.2 Å². The molecule has 2 atom stereocenters. The van der Waals surface area contributed by atoms with Gasteiger partial charge in [0, 0.05) is 33.1 Å². The van der Waals surface area contributed by atoms with Crippen molar-refractivity contribution in [2.24, 2.45) is 0 Å². The van der Waals surface area contributed by atoms with Gasteiger partial charge >= 0.3 is 0 Å². The predicted molar refractivity (Wildman–Crippen MR) is 47.1 cm³/mol. The molecule has 1 heterocycles. The third-order valence-electron chi connectivity index (χ3n) is 2.14. The molecule has 1 aliphatic rings. The number of likely N-dealkylation sites (tertiary alicyclic amines) is 1. The van der Waals surface area contributed by atoms with Gasteiger partial charge < -0.3 is 15.5 Å². The molecule has 5 nitrogen and oxygen atoms in total. The van der Waals surface area contributed by atoms with Crippen molar-refractivity contribution in [3.63, 3.8) is 0 Å². The molecule has 0 saturated carbocycles. The summed E-state index contributed by atoms with van der Waals surface area (Å²) in [6.45, 7) is 3.68. The number of nitrogens with one attached hydrogen (secondary N) is 1. The fraction of sp³-hybridized carbons (Fsp3) is 0.875. The highest BCUT2D eigenvalue weighted by Gasteiger charge is 2.28. The van der Waals surface area contributed by atoms with E-state index in [4.69, 9.17) is 0 Å². The molecule has 0 bridgehead atoms. The maximum absolute atomic E-state index is 10.5. The number of amides is 1. The van der Waals surface area contributed by atoms with Crippen LogP contribution < -0.4 is 5.32 Å². The predicted octanol–water partition coefficient (Wildman–Crippen LogP) is -1.84. The summed E-state index contributed by atoms with van der Waals surface area (Å²) in [4.78, 5) is 12.4. The summed E-state index contributed by atoms with van der Waals surface area (Å²) in [7, 11) is 0. The first-order valence-corrected chi connectivity index (χ1v) is 4.42. The van der Waals surface area contributed by atoms with E-state index in [1.165, 1.54) is 6.92 Å². The van der Waals surface area contributed by atoms with E-state index in [9.17, 15) is 15.0 Å². The van der Waals surface area contributed by atoms with Crippen molar-refractivity contribution in [3.8, 4) is 0 Å². The largest absolute Gasteiger partial charge is 0.389 e. The number of nitrogens with zero attached hydrogens (tertiary/aromatic N) is 1. The van der Waals surface area contributed by atoms with Gasteiger partial charge in [0.1, 0.15) is 0 Å². The van der Waals surface area contributed by atoms with Gasteiger partial charge in [0.25, 0.3) is 0 Å². The lowest BCUT2D eigenvalue weighted by atomic mass is 10.3. The zero-order valence-corrected chi connectivity index (χ0v) is 7.73. The zero-order valence-electron chi connectivity index (χ0n) is 7.73. The second-order valence-electron chi connectivity index (χ2n) is 3.38. The summed E-state index contributed by atoms with van der Waals surface area (Å²) in [6, 6.07) is 0. The summed E-state index contributed by atoms with van der Waals surface area (Å²) in [5.41, 5.74) is 0. The average Bonchev–Trinajstić information content (AvgIpc) is 2.30. The van der Waals surface area contributed by atoms with Crippen molar-refractivity contribution in [3.05, 3.63) is 0 Å². The molecule has 5 heteroatoms. The van der Waals surface area contributed by atoms with E-state index in [1.54, 1.807) is 0 Å². The van der Waals surface area contributed by atoms with Gasteiger partial charge in [-0.1, -0.05) is 0 Å². The standard InChI is InChI=1S/C8H16N2O3/c1-6(11)9-2-3-10-4-7(12)8(13)5-10/h7-8,12-13H,2-5H2,1H3,(H,9,11)/t7-,8+. The van der Waals surface area contributed by atoms with Crippen LogP contribution in [0.4, 0.5) is 0 Å². The number of carbonyl (C=O) groups is 1. The van der Waals surface area contributed by atoms with Crippen LogP contribution in [-0.4, -0.2) is 59.4 Å². The van der Waals surface area contributed by atoms with E-state index in [-0.39, 0.29) is 5.91 Å². The Kier molecular flexibility index (Phi) is 3.65. The molecule has 0 aromatic heterocycles. The van der Waals surface area contributed by atoms with Gasteiger partial charge in [0.05, 0.1) is 12.2 Å². The minimum absolute atomic E-state index is 0.0553. The molecule has 1 rings (SSSR count). The van der Waals surface area contributed by atoms with E-state index >= 15 is 0 Å². The molecule has 0 spiro atoms. The fourth-order valence-corrected chi connectivity index (χ4v) is 1.42. The Labute approximate surface area is 77.3 Å². The molecule has 0 aromatic carbocycles. The topological polar surface area (TPSA) is 72.8 Å². The Morgan fingerprint density at radius 1 is 1.46 bits per heavy atom. The van der Waals surface area contributed by atoms with Crippen LogP contribution in [0.15, 0.2) is 0 Å². The lowest BCUT2D eigenvalue weighted by molar-refractivity contribution is -0.119. The van der Waals surface area contributed by atoms with Gasteiger partial charge in [-0.3, -0.25) is 9.69 Å². The molecule has 76 valence electrons. The second-order valence-corrected chi connectivity index (χ2v) is 3.38. The highest BCUT2D eigenvalue weighted by molar-refractivity contribution is 5.72. The molecule has 13 heavy (non-hydrogen) atoms.